The van der Waals surface area contributed by atoms with Gasteiger partial charge in [0.15, 0.2) is 0 Å². The summed E-state index contributed by atoms with van der Waals surface area (Å²) in [6, 6.07) is 22.6. The molecule has 0 bridgehead atoms. The second kappa shape index (κ2) is 17.4. The summed E-state index contributed by atoms with van der Waals surface area (Å²) in [5.41, 5.74) is 2.87. The number of hydrogen-bond donors (Lipinski definition) is 0. The predicted molar refractivity (Wildman–Crippen MR) is 166 cm³/mol. The van der Waals surface area contributed by atoms with Crippen LogP contribution in [-0.4, -0.2) is 28.6 Å². The zero-order valence-corrected chi connectivity index (χ0v) is 24.9. The Morgan fingerprint density at radius 3 is 1.47 bits per heavy atom. The van der Waals surface area contributed by atoms with Crippen LogP contribution in [0.5, 0.6) is 0 Å². The van der Waals surface area contributed by atoms with Crippen LogP contribution >= 0.6 is 0 Å². The molecule has 38 heavy (non-hydrogen) atoms. The molecular weight excluding hydrogens is 460 g/mol. The van der Waals surface area contributed by atoms with Gasteiger partial charge in [0.05, 0.1) is 0 Å². The standard InChI is InChI=1S/C36H56N2/c1-4-7-9-11-12-13-15-23-29-38-31-30-37(28-22-14-10-8-5-2)36(38,32-33-24-18-16-19-25-33)35(6-3)34-26-20-17-21-27-34/h16-21,24-27,30-31,35H,4-15,22-23,28-29,32H2,1-3H3. The summed E-state index contributed by atoms with van der Waals surface area (Å²) in [5, 5.41) is 0. The summed E-state index contributed by atoms with van der Waals surface area (Å²) in [6.45, 7) is 9.30. The van der Waals surface area contributed by atoms with E-state index in [1.807, 2.05) is 0 Å². The van der Waals surface area contributed by atoms with Crippen LogP contribution in [0.15, 0.2) is 73.1 Å². The molecule has 0 spiro atoms. The van der Waals surface area contributed by atoms with Crippen LogP contribution in [0.2, 0.25) is 0 Å². The number of unbranched alkanes of at least 4 members (excludes halogenated alkanes) is 11. The molecule has 2 heteroatoms. The van der Waals surface area contributed by atoms with Gasteiger partial charge in [-0.15, -0.1) is 0 Å². The van der Waals surface area contributed by atoms with Crippen LogP contribution in [0.25, 0.3) is 0 Å². The van der Waals surface area contributed by atoms with Crippen LogP contribution in [-0.2, 0) is 6.42 Å². The molecule has 0 saturated heterocycles. The van der Waals surface area contributed by atoms with Gasteiger partial charge in [0.2, 0.25) is 0 Å². The first kappa shape index (κ1) is 30.3. The molecule has 2 atom stereocenters. The summed E-state index contributed by atoms with van der Waals surface area (Å²) in [5.74, 6) is 0.448. The van der Waals surface area contributed by atoms with E-state index < -0.39 is 0 Å². The quantitative estimate of drug-likeness (QED) is 0.161. The van der Waals surface area contributed by atoms with E-state index in [0.29, 0.717) is 5.92 Å². The topological polar surface area (TPSA) is 6.48 Å². The van der Waals surface area contributed by atoms with Crippen LogP contribution in [0.4, 0.5) is 0 Å². The van der Waals surface area contributed by atoms with E-state index in [9.17, 15) is 0 Å². The highest BCUT2D eigenvalue weighted by molar-refractivity contribution is 5.30. The molecule has 210 valence electrons. The smallest absolute Gasteiger partial charge is 0.123 e. The molecule has 0 aliphatic carbocycles. The molecule has 0 radical (unpaired) electrons. The summed E-state index contributed by atoms with van der Waals surface area (Å²) in [7, 11) is 0. The third-order valence-corrected chi connectivity index (χ3v) is 8.65. The van der Waals surface area contributed by atoms with E-state index >= 15 is 0 Å². The van der Waals surface area contributed by atoms with Crippen molar-refractivity contribution in [2.45, 2.75) is 129 Å². The number of nitrogens with zero attached hydrogens (tertiary/aromatic N) is 2. The Morgan fingerprint density at radius 1 is 0.553 bits per heavy atom. The molecule has 1 aliphatic rings. The molecule has 0 fully saturated rings. The largest absolute Gasteiger partial charge is 0.353 e. The lowest BCUT2D eigenvalue weighted by atomic mass is 9.78. The van der Waals surface area contributed by atoms with Crippen molar-refractivity contribution in [3.63, 3.8) is 0 Å². The minimum absolute atomic E-state index is 0.0522. The fourth-order valence-corrected chi connectivity index (χ4v) is 6.56. The third kappa shape index (κ3) is 8.65. The van der Waals surface area contributed by atoms with Crippen LogP contribution < -0.4 is 0 Å². The van der Waals surface area contributed by atoms with E-state index in [1.54, 1.807) is 0 Å². The predicted octanol–water partition coefficient (Wildman–Crippen LogP) is 10.3. The normalized spacial score (nSPS) is 17.9. The SMILES string of the molecule is CCCCCCCCCCN1C=CN(CCCCCCC)C1(Cc1ccccc1)C(CC)c1ccccc1. The van der Waals surface area contributed by atoms with Gasteiger partial charge in [-0.25, -0.2) is 0 Å². The van der Waals surface area contributed by atoms with Gasteiger partial charge in [0.25, 0.3) is 0 Å². The number of rotatable bonds is 20. The molecule has 2 nitrogen and oxygen atoms in total. The maximum atomic E-state index is 2.75. The van der Waals surface area contributed by atoms with Crippen LogP contribution in [0, 0.1) is 0 Å². The van der Waals surface area contributed by atoms with Crippen molar-refractivity contribution in [2.75, 3.05) is 13.1 Å². The molecule has 1 heterocycles. The van der Waals surface area contributed by atoms with Crippen molar-refractivity contribution in [1.82, 2.24) is 9.80 Å². The van der Waals surface area contributed by atoms with Gasteiger partial charge >= 0.3 is 0 Å². The third-order valence-electron chi connectivity index (χ3n) is 8.65. The lowest BCUT2D eigenvalue weighted by molar-refractivity contribution is -0.00378. The molecule has 0 N–H and O–H groups in total. The Balaban J connectivity index is 1.83. The Kier molecular flexibility index (Phi) is 13.9. The Hall–Kier alpha value is -2.22. The van der Waals surface area contributed by atoms with Crippen LogP contribution in [0.1, 0.15) is 128 Å². The fourth-order valence-electron chi connectivity index (χ4n) is 6.56. The summed E-state index contributed by atoms with van der Waals surface area (Å²) in [4.78, 5) is 5.50. The fraction of sp³-hybridized carbons (Fsp3) is 0.611. The molecule has 2 aromatic rings. The highest BCUT2D eigenvalue weighted by atomic mass is 15.4. The number of benzene rings is 2. The second-order valence-electron chi connectivity index (χ2n) is 11.5. The van der Waals surface area contributed by atoms with Crippen molar-refractivity contribution >= 4 is 0 Å². The first-order valence-corrected chi connectivity index (χ1v) is 16.1. The summed E-state index contributed by atoms with van der Waals surface area (Å²) < 4.78 is 0. The Morgan fingerprint density at radius 2 is 1.00 bits per heavy atom. The minimum atomic E-state index is -0.0522. The first-order valence-electron chi connectivity index (χ1n) is 16.1. The summed E-state index contributed by atoms with van der Waals surface area (Å²) in [6.07, 6.45) is 24.7. The van der Waals surface area contributed by atoms with Crippen molar-refractivity contribution in [2.24, 2.45) is 0 Å². The molecule has 1 aliphatic heterocycles. The second-order valence-corrected chi connectivity index (χ2v) is 11.5. The summed E-state index contributed by atoms with van der Waals surface area (Å²) >= 11 is 0. The molecular formula is C36H56N2. The van der Waals surface area contributed by atoms with Crippen molar-refractivity contribution in [1.29, 1.82) is 0 Å². The highest BCUT2D eigenvalue weighted by Gasteiger charge is 2.49. The zero-order valence-electron chi connectivity index (χ0n) is 24.9. The van der Waals surface area contributed by atoms with Gasteiger partial charge in [-0.05, 0) is 30.4 Å². The van der Waals surface area contributed by atoms with Crippen molar-refractivity contribution in [3.8, 4) is 0 Å². The molecule has 0 aromatic heterocycles. The van der Waals surface area contributed by atoms with E-state index in [2.05, 4.69) is 104 Å². The monoisotopic (exact) mass is 516 g/mol. The van der Waals surface area contributed by atoms with Gasteiger partial charge in [0.1, 0.15) is 5.66 Å². The Labute approximate surface area is 235 Å². The van der Waals surface area contributed by atoms with Gasteiger partial charge < -0.3 is 9.80 Å². The maximum Gasteiger partial charge on any atom is 0.123 e. The maximum absolute atomic E-state index is 2.75. The van der Waals surface area contributed by atoms with E-state index in [1.165, 1.54) is 94.6 Å². The van der Waals surface area contributed by atoms with Crippen molar-refractivity contribution in [3.05, 3.63) is 84.2 Å². The lowest BCUT2D eigenvalue weighted by Crippen LogP contribution is -2.59. The van der Waals surface area contributed by atoms with E-state index in [-0.39, 0.29) is 5.66 Å². The van der Waals surface area contributed by atoms with Crippen LogP contribution in [0.3, 0.4) is 0 Å². The molecule has 0 amide bonds. The Bertz CT molecular complexity index is 877. The minimum Gasteiger partial charge on any atom is -0.353 e. The van der Waals surface area contributed by atoms with Crippen molar-refractivity contribution < 1.29 is 0 Å². The van der Waals surface area contributed by atoms with Gasteiger partial charge in [-0.1, -0.05) is 152 Å². The molecule has 0 saturated carbocycles. The van der Waals surface area contributed by atoms with E-state index in [4.69, 9.17) is 0 Å². The van der Waals surface area contributed by atoms with Gasteiger partial charge in [0, 0.05) is 37.8 Å². The van der Waals surface area contributed by atoms with Gasteiger partial charge in [-0.3, -0.25) is 0 Å². The first-order chi connectivity index (χ1) is 18.8. The molecule has 3 rings (SSSR count). The van der Waals surface area contributed by atoms with Gasteiger partial charge in [-0.2, -0.15) is 0 Å². The lowest BCUT2D eigenvalue weighted by Gasteiger charge is -2.51. The highest BCUT2D eigenvalue weighted by Crippen LogP contribution is 2.45. The zero-order chi connectivity index (χ0) is 26.9. The average Bonchev–Trinajstić information content (AvgIpc) is 3.28. The van der Waals surface area contributed by atoms with E-state index in [0.717, 1.165) is 25.9 Å². The molecule has 2 unspecified atom stereocenters. The molecule has 2 aromatic carbocycles. The number of hydrogen-bond acceptors (Lipinski definition) is 2. The average molecular weight is 517 g/mol.